The van der Waals surface area contributed by atoms with Crippen molar-refractivity contribution in [2.24, 2.45) is 0 Å². The minimum Gasteiger partial charge on any atom is -0.383 e. The van der Waals surface area contributed by atoms with Crippen LogP contribution in [-0.2, 0) is 4.74 Å². The summed E-state index contributed by atoms with van der Waals surface area (Å²) in [5.74, 6) is 0.285. The number of nitrogens with two attached hydrogens (primary N) is 1. The molecule has 0 radical (unpaired) electrons. The van der Waals surface area contributed by atoms with Crippen molar-refractivity contribution in [2.45, 2.75) is 25.5 Å². The van der Waals surface area contributed by atoms with Gasteiger partial charge in [0.1, 0.15) is 12.0 Å². The molecule has 2 rings (SSSR count). The highest BCUT2D eigenvalue weighted by atomic mass is 127. The van der Waals surface area contributed by atoms with Crippen LogP contribution in [0.1, 0.15) is 25.5 Å². The molecule has 1 aliphatic heterocycles. The SMILES string of the molecule is Nc1nc(=O)n([C@H]2CCCCO2)cc1I. The monoisotopic (exact) mass is 321 g/mol. The maximum absolute atomic E-state index is 11.6. The second-order valence-corrected chi connectivity index (χ2v) is 4.65. The summed E-state index contributed by atoms with van der Waals surface area (Å²) >= 11 is 2.06. The molecule has 0 amide bonds. The van der Waals surface area contributed by atoms with E-state index in [1.54, 1.807) is 6.20 Å². The lowest BCUT2D eigenvalue weighted by Gasteiger charge is -2.24. The lowest BCUT2D eigenvalue weighted by atomic mass is 10.2. The van der Waals surface area contributed by atoms with Gasteiger partial charge in [0.05, 0.1) is 3.57 Å². The van der Waals surface area contributed by atoms with E-state index in [1.165, 1.54) is 4.57 Å². The Morgan fingerprint density at radius 2 is 2.40 bits per heavy atom. The Kier molecular flexibility index (Phi) is 3.25. The van der Waals surface area contributed by atoms with Crippen LogP contribution in [0.5, 0.6) is 0 Å². The summed E-state index contributed by atoms with van der Waals surface area (Å²) in [5.41, 5.74) is 5.21. The fraction of sp³-hybridized carbons (Fsp3) is 0.556. The lowest BCUT2D eigenvalue weighted by molar-refractivity contribution is -0.0349. The number of halogens is 1. The van der Waals surface area contributed by atoms with Gasteiger partial charge in [0.15, 0.2) is 0 Å². The Bertz CT molecular complexity index is 412. The van der Waals surface area contributed by atoms with Gasteiger partial charge < -0.3 is 10.5 Å². The van der Waals surface area contributed by atoms with Crippen LogP contribution in [0.3, 0.4) is 0 Å². The second-order valence-electron chi connectivity index (χ2n) is 3.49. The number of aromatic nitrogens is 2. The first-order valence-electron chi connectivity index (χ1n) is 4.84. The van der Waals surface area contributed by atoms with Gasteiger partial charge in [0, 0.05) is 12.8 Å². The molecule has 1 aliphatic rings. The second kappa shape index (κ2) is 4.48. The van der Waals surface area contributed by atoms with E-state index in [4.69, 9.17) is 10.5 Å². The van der Waals surface area contributed by atoms with Crippen molar-refractivity contribution in [3.05, 3.63) is 20.3 Å². The van der Waals surface area contributed by atoms with Crippen LogP contribution >= 0.6 is 22.6 Å². The van der Waals surface area contributed by atoms with E-state index < -0.39 is 0 Å². The van der Waals surface area contributed by atoms with E-state index >= 15 is 0 Å². The summed E-state index contributed by atoms with van der Waals surface area (Å²) in [4.78, 5) is 15.3. The van der Waals surface area contributed by atoms with Gasteiger partial charge in [-0.1, -0.05) is 0 Å². The zero-order valence-electron chi connectivity index (χ0n) is 8.15. The third-order valence-corrected chi connectivity index (χ3v) is 3.23. The van der Waals surface area contributed by atoms with Crippen molar-refractivity contribution >= 4 is 28.4 Å². The maximum atomic E-state index is 11.6. The maximum Gasteiger partial charge on any atom is 0.351 e. The minimum absolute atomic E-state index is 0.173. The molecule has 1 atom stereocenters. The van der Waals surface area contributed by atoms with Crippen molar-refractivity contribution < 1.29 is 4.74 Å². The Balaban J connectivity index is 2.34. The first-order valence-corrected chi connectivity index (χ1v) is 5.92. The molecule has 0 spiro atoms. The van der Waals surface area contributed by atoms with Gasteiger partial charge in [0.2, 0.25) is 0 Å². The van der Waals surface area contributed by atoms with Gasteiger partial charge in [-0.25, -0.2) is 4.79 Å². The molecule has 0 saturated carbocycles. The van der Waals surface area contributed by atoms with Gasteiger partial charge in [-0.3, -0.25) is 4.57 Å². The van der Waals surface area contributed by atoms with E-state index in [0.29, 0.717) is 6.61 Å². The smallest absolute Gasteiger partial charge is 0.351 e. The van der Waals surface area contributed by atoms with Gasteiger partial charge in [-0.2, -0.15) is 4.98 Å². The summed E-state index contributed by atoms with van der Waals surface area (Å²) < 4.78 is 7.82. The topological polar surface area (TPSA) is 70.1 Å². The van der Waals surface area contributed by atoms with E-state index in [-0.39, 0.29) is 17.7 Å². The summed E-state index contributed by atoms with van der Waals surface area (Å²) in [6.45, 7) is 0.706. The number of anilines is 1. The molecular formula is C9H12IN3O2. The van der Waals surface area contributed by atoms with E-state index in [1.807, 2.05) is 0 Å². The van der Waals surface area contributed by atoms with Crippen LogP contribution in [0.4, 0.5) is 5.82 Å². The zero-order valence-corrected chi connectivity index (χ0v) is 10.3. The standard InChI is InChI=1S/C9H12IN3O2/c10-6-5-13(9(14)12-8(6)11)7-3-1-2-4-15-7/h5,7H,1-4H2,(H2,11,12,14)/t7-/m1/s1. The molecule has 1 aromatic heterocycles. The average Bonchev–Trinajstić information content (AvgIpc) is 2.25. The molecule has 2 heterocycles. The lowest BCUT2D eigenvalue weighted by Crippen LogP contribution is -2.31. The van der Waals surface area contributed by atoms with Crippen LogP contribution in [-0.4, -0.2) is 16.2 Å². The van der Waals surface area contributed by atoms with Crippen molar-refractivity contribution in [3.8, 4) is 0 Å². The van der Waals surface area contributed by atoms with Crippen LogP contribution in [0.25, 0.3) is 0 Å². The molecule has 0 bridgehead atoms. The number of rotatable bonds is 1. The highest BCUT2D eigenvalue weighted by molar-refractivity contribution is 14.1. The third kappa shape index (κ3) is 2.31. The first kappa shape index (κ1) is 10.9. The molecule has 2 N–H and O–H groups in total. The molecule has 0 unspecified atom stereocenters. The molecule has 1 aromatic rings. The highest BCUT2D eigenvalue weighted by Gasteiger charge is 2.17. The van der Waals surface area contributed by atoms with E-state index in [0.717, 1.165) is 22.8 Å². The number of hydrogen-bond acceptors (Lipinski definition) is 4. The van der Waals surface area contributed by atoms with Crippen molar-refractivity contribution in [1.82, 2.24) is 9.55 Å². The first-order chi connectivity index (χ1) is 7.18. The fourth-order valence-electron chi connectivity index (χ4n) is 1.61. The molecule has 82 valence electrons. The third-order valence-electron chi connectivity index (χ3n) is 2.40. The number of nitrogen functional groups attached to an aromatic ring is 1. The normalized spacial score (nSPS) is 21.5. The summed E-state index contributed by atoms with van der Waals surface area (Å²) in [5, 5.41) is 0. The predicted molar refractivity (Wildman–Crippen MR) is 64.5 cm³/mol. The highest BCUT2D eigenvalue weighted by Crippen LogP contribution is 2.21. The average molecular weight is 321 g/mol. The Hall–Kier alpha value is -0.630. The molecule has 0 aromatic carbocycles. The molecule has 6 heteroatoms. The molecule has 1 fully saturated rings. The minimum atomic E-state index is -0.334. The Morgan fingerprint density at radius 1 is 1.60 bits per heavy atom. The molecule has 15 heavy (non-hydrogen) atoms. The molecule has 0 aliphatic carbocycles. The summed E-state index contributed by atoms with van der Waals surface area (Å²) in [7, 11) is 0. The summed E-state index contributed by atoms with van der Waals surface area (Å²) in [6.07, 6.45) is 4.54. The Morgan fingerprint density at radius 3 is 3.07 bits per heavy atom. The fourth-order valence-corrected chi connectivity index (χ4v) is 2.03. The van der Waals surface area contributed by atoms with Gasteiger partial charge in [-0.05, 0) is 41.9 Å². The van der Waals surface area contributed by atoms with Gasteiger partial charge in [0.25, 0.3) is 0 Å². The number of hydrogen-bond donors (Lipinski definition) is 1. The Labute approximate surface area is 101 Å². The predicted octanol–water partition coefficient (Wildman–Crippen LogP) is 1.13. The summed E-state index contributed by atoms with van der Waals surface area (Å²) in [6, 6.07) is 0. The zero-order chi connectivity index (χ0) is 10.8. The van der Waals surface area contributed by atoms with Crippen molar-refractivity contribution in [1.29, 1.82) is 0 Å². The van der Waals surface area contributed by atoms with Gasteiger partial charge in [-0.15, -0.1) is 0 Å². The molecule has 5 nitrogen and oxygen atoms in total. The van der Waals surface area contributed by atoms with Crippen molar-refractivity contribution in [2.75, 3.05) is 12.3 Å². The van der Waals surface area contributed by atoms with E-state index in [2.05, 4.69) is 27.6 Å². The van der Waals surface area contributed by atoms with Crippen LogP contribution in [0.2, 0.25) is 0 Å². The van der Waals surface area contributed by atoms with Crippen LogP contribution < -0.4 is 11.4 Å². The molecule has 1 saturated heterocycles. The van der Waals surface area contributed by atoms with E-state index in [9.17, 15) is 4.79 Å². The number of ether oxygens (including phenoxy) is 1. The largest absolute Gasteiger partial charge is 0.383 e. The quantitative estimate of drug-likeness (QED) is 0.787. The van der Waals surface area contributed by atoms with Crippen LogP contribution in [0.15, 0.2) is 11.0 Å². The molecular weight excluding hydrogens is 309 g/mol. The number of nitrogens with zero attached hydrogens (tertiary/aromatic N) is 2. The van der Waals surface area contributed by atoms with Gasteiger partial charge >= 0.3 is 5.69 Å². The van der Waals surface area contributed by atoms with Crippen molar-refractivity contribution in [3.63, 3.8) is 0 Å². The van der Waals surface area contributed by atoms with Crippen LogP contribution in [0, 0.1) is 3.57 Å².